The van der Waals surface area contributed by atoms with Crippen molar-refractivity contribution in [3.8, 4) is 0 Å². The van der Waals surface area contributed by atoms with Crippen LogP contribution in [0.5, 0.6) is 0 Å². The molecule has 0 aliphatic carbocycles. The van der Waals surface area contributed by atoms with Crippen LogP contribution in [0.3, 0.4) is 0 Å². The second-order valence-corrected chi connectivity index (χ2v) is 6.30. The van der Waals surface area contributed by atoms with E-state index in [4.69, 9.17) is 0 Å². The van der Waals surface area contributed by atoms with E-state index in [1.165, 1.54) is 19.0 Å². The second kappa shape index (κ2) is 8.42. The summed E-state index contributed by atoms with van der Waals surface area (Å²) in [5.74, 6) is -0.282. The van der Waals surface area contributed by atoms with Gasteiger partial charge in [0, 0.05) is 31.4 Å². The van der Waals surface area contributed by atoms with Gasteiger partial charge in [0.05, 0.1) is 0 Å². The third kappa shape index (κ3) is 4.66. The van der Waals surface area contributed by atoms with Crippen LogP contribution < -0.4 is 5.32 Å². The van der Waals surface area contributed by atoms with Crippen molar-refractivity contribution >= 4 is 11.8 Å². The summed E-state index contributed by atoms with van der Waals surface area (Å²) in [7, 11) is 0. The summed E-state index contributed by atoms with van der Waals surface area (Å²) in [5, 5.41) is 2.88. The van der Waals surface area contributed by atoms with E-state index >= 15 is 0 Å². The maximum absolute atomic E-state index is 12.6. The van der Waals surface area contributed by atoms with E-state index < -0.39 is 0 Å². The average Bonchev–Trinajstić information content (AvgIpc) is 2.96. The smallest absolute Gasteiger partial charge is 0.272 e. The maximum atomic E-state index is 12.6. The zero-order valence-corrected chi connectivity index (χ0v) is 14.3. The highest BCUT2D eigenvalue weighted by Crippen LogP contribution is 2.13. The minimum atomic E-state index is -0.198. The van der Waals surface area contributed by atoms with Crippen molar-refractivity contribution in [3.63, 3.8) is 0 Å². The van der Waals surface area contributed by atoms with E-state index in [-0.39, 0.29) is 11.8 Å². The molecule has 1 aromatic carbocycles. The lowest BCUT2D eigenvalue weighted by molar-refractivity contribution is 0.0755. The van der Waals surface area contributed by atoms with Gasteiger partial charge in [-0.25, -0.2) is 0 Å². The largest absolute Gasteiger partial charge is 0.348 e. The second-order valence-electron chi connectivity index (χ2n) is 6.30. The van der Waals surface area contributed by atoms with Gasteiger partial charge < -0.3 is 10.2 Å². The molecule has 2 aromatic rings. The molecule has 2 heterocycles. The summed E-state index contributed by atoms with van der Waals surface area (Å²) < 4.78 is 0. The molecule has 130 valence electrons. The van der Waals surface area contributed by atoms with Gasteiger partial charge in [-0.05, 0) is 30.5 Å². The number of pyridine rings is 1. The summed E-state index contributed by atoms with van der Waals surface area (Å²) in [6.45, 7) is 1.99. The van der Waals surface area contributed by atoms with Gasteiger partial charge in [0.15, 0.2) is 0 Å². The lowest BCUT2D eigenvalue weighted by atomic mass is 10.2. The minimum absolute atomic E-state index is 0.0837. The third-order valence-electron chi connectivity index (χ3n) is 4.43. The third-order valence-corrected chi connectivity index (χ3v) is 4.43. The number of hydrogen-bond donors (Lipinski definition) is 1. The first kappa shape index (κ1) is 17.1. The zero-order chi connectivity index (χ0) is 17.5. The first-order chi connectivity index (χ1) is 12.2. The number of amides is 2. The Balaban J connectivity index is 1.65. The van der Waals surface area contributed by atoms with Crippen LogP contribution in [0.15, 0.2) is 48.7 Å². The number of carbonyl (C=O) groups is 2. The van der Waals surface area contributed by atoms with Gasteiger partial charge >= 0.3 is 0 Å². The average molecular weight is 337 g/mol. The quantitative estimate of drug-likeness (QED) is 0.933. The standard InChI is InChI=1S/C20H23N3O2/c24-19(22-15-16-8-4-3-5-9-16)17-10-11-21-18(14-17)20(25)23-12-6-1-2-7-13-23/h3-5,8-11,14H,1-2,6-7,12-13,15H2,(H,22,24). The summed E-state index contributed by atoms with van der Waals surface area (Å²) in [6.07, 6.45) is 5.92. The van der Waals surface area contributed by atoms with Crippen molar-refractivity contribution in [2.45, 2.75) is 32.2 Å². The van der Waals surface area contributed by atoms with Crippen molar-refractivity contribution in [1.82, 2.24) is 15.2 Å². The number of aromatic nitrogens is 1. The van der Waals surface area contributed by atoms with Crippen LogP contribution in [0.1, 0.15) is 52.1 Å². The van der Waals surface area contributed by atoms with Gasteiger partial charge in [0.1, 0.15) is 5.69 Å². The molecule has 5 nitrogen and oxygen atoms in total. The van der Waals surface area contributed by atoms with Crippen molar-refractivity contribution < 1.29 is 9.59 Å². The zero-order valence-electron chi connectivity index (χ0n) is 14.3. The SMILES string of the molecule is O=C(NCc1ccccc1)c1ccnc(C(=O)N2CCCCCC2)c1. The van der Waals surface area contributed by atoms with Crippen LogP contribution in [-0.4, -0.2) is 34.8 Å². The summed E-state index contributed by atoms with van der Waals surface area (Å²) in [6, 6.07) is 13.0. The predicted molar refractivity (Wildman–Crippen MR) is 96.2 cm³/mol. The molecule has 3 rings (SSSR count). The molecule has 2 amide bonds. The topological polar surface area (TPSA) is 62.3 Å². The van der Waals surface area contributed by atoms with E-state index in [9.17, 15) is 9.59 Å². The van der Waals surface area contributed by atoms with Crippen LogP contribution in [-0.2, 0) is 6.54 Å². The molecule has 1 aromatic heterocycles. The number of likely N-dealkylation sites (tertiary alicyclic amines) is 1. The van der Waals surface area contributed by atoms with Crippen molar-refractivity contribution in [2.24, 2.45) is 0 Å². The van der Waals surface area contributed by atoms with E-state index in [0.29, 0.717) is 17.8 Å². The van der Waals surface area contributed by atoms with Crippen molar-refractivity contribution in [1.29, 1.82) is 0 Å². The molecule has 0 unspecified atom stereocenters. The number of rotatable bonds is 4. The monoisotopic (exact) mass is 337 g/mol. The molecule has 0 spiro atoms. The molecule has 0 saturated carbocycles. The first-order valence-electron chi connectivity index (χ1n) is 8.81. The van der Waals surface area contributed by atoms with Gasteiger partial charge in [-0.15, -0.1) is 0 Å². The lowest BCUT2D eigenvalue weighted by Crippen LogP contribution is -2.32. The van der Waals surface area contributed by atoms with Crippen LogP contribution in [0, 0.1) is 0 Å². The Morgan fingerprint density at radius 2 is 1.72 bits per heavy atom. The Kier molecular flexibility index (Phi) is 5.77. The maximum Gasteiger partial charge on any atom is 0.272 e. The number of hydrogen-bond acceptors (Lipinski definition) is 3. The molecule has 25 heavy (non-hydrogen) atoms. The summed E-state index contributed by atoms with van der Waals surface area (Å²) in [4.78, 5) is 31.0. The molecule has 5 heteroatoms. The normalized spacial score (nSPS) is 14.6. The molecule has 0 bridgehead atoms. The number of carbonyl (C=O) groups excluding carboxylic acids is 2. The summed E-state index contributed by atoms with van der Waals surface area (Å²) >= 11 is 0. The Bertz CT molecular complexity index is 723. The molecule has 0 atom stereocenters. The van der Waals surface area contributed by atoms with Gasteiger partial charge in [-0.1, -0.05) is 43.2 Å². The van der Waals surface area contributed by atoms with Gasteiger partial charge in [-0.3, -0.25) is 14.6 Å². The minimum Gasteiger partial charge on any atom is -0.348 e. The molecule has 0 radical (unpaired) electrons. The Morgan fingerprint density at radius 1 is 1.00 bits per heavy atom. The van der Waals surface area contributed by atoms with Gasteiger partial charge in [0.2, 0.25) is 0 Å². The van der Waals surface area contributed by atoms with E-state index in [1.54, 1.807) is 12.1 Å². The first-order valence-corrected chi connectivity index (χ1v) is 8.81. The molecule has 1 N–H and O–H groups in total. The van der Waals surface area contributed by atoms with Crippen LogP contribution in [0.2, 0.25) is 0 Å². The van der Waals surface area contributed by atoms with Crippen LogP contribution in [0.25, 0.3) is 0 Å². The number of benzene rings is 1. The molecular formula is C20H23N3O2. The van der Waals surface area contributed by atoms with Crippen LogP contribution >= 0.6 is 0 Å². The highest BCUT2D eigenvalue weighted by Gasteiger charge is 2.19. The Morgan fingerprint density at radius 3 is 2.44 bits per heavy atom. The highest BCUT2D eigenvalue weighted by molar-refractivity contribution is 5.98. The number of nitrogens with one attached hydrogen (secondary N) is 1. The van der Waals surface area contributed by atoms with E-state index in [2.05, 4.69) is 10.3 Å². The van der Waals surface area contributed by atoms with Gasteiger partial charge in [0.25, 0.3) is 11.8 Å². The Hall–Kier alpha value is -2.69. The molecule has 1 aliphatic heterocycles. The van der Waals surface area contributed by atoms with Crippen LogP contribution in [0.4, 0.5) is 0 Å². The molecule has 1 saturated heterocycles. The van der Waals surface area contributed by atoms with Gasteiger partial charge in [-0.2, -0.15) is 0 Å². The highest BCUT2D eigenvalue weighted by atomic mass is 16.2. The number of nitrogens with zero attached hydrogens (tertiary/aromatic N) is 2. The molecular weight excluding hydrogens is 314 g/mol. The van der Waals surface area contributed by atoms with Crippen molar-refractivity contribution in [2.75, 3.05) is 13.1 Å². The fraction of sp³-hybridized carbons (Fsp3) is 0.350. The molecule has 1 fully saturated rings. The van der Waals surface area contributed by atoms with E-state index in [1.807, 2.05) is 35.2 Å². The Labute approximate surface area is 148 Å². The lowest BCUT2D eigenvalue weighted by Gasteiger charge is -2.19. The fourth-order valence-electron chi connectivity index (χ4n) is 3.00. The van der Waals surface area contributed by atoms with E-state index in [0.717, 1.165) is 31.5 Å². The predicted octanol–water partition coefficient (Wildman–Crippen LogP) is 3.03. The summed E-state index contributed by atoms with van der Waals surface area (Å²) in [5.41, 5.74) is 1.84. The fourth-order valence-corrected chi connectivity index (χ4v) is 3.00. The molecule has 1 aliphatic rings. The van der Waals surface area contributed by atoms with Crippen molar-refractivity contribution in [3.05, 3.63) is 65.5 Å².